The highest BCUT2D eigenvalue weighted by Crippen LogP contribution is 2.32. The lowest BCUT2D eigenvalue weighted by Gasteiger charge is -2.16. The van der Waals surface area contributed by atoms with E-state index in [1.807, 2.05) is 80.6 Å². The van der Waals surface area contributed by atoms with Crippen LogP contribution in [-0.4, -0.2) is 11.8 Å². The number of hydrogen-bond acceptors (Lipinski definition) is 2. The lowest BCUT2D eigenvalue weighted by atomic mass is 9.95. The van der Waals surface area contributed by atoms with E-state index in [2.05, 4.69) is 11.5 Å². The van der Waals surface area contributed by atoms with Gasteiger partial charge in [0.15, 0.2) is 0 Å². The van der Waals surface area contributed by atoms with Gasteiger partial charge in [-0.05, 0) is 76.4 Å². The van der Waals surface area contributed by atoms with Crippen molar-refractivity contribution in [1.82, 2.24) is 5.43 Å². The second kappa shape index (κ2) is 6.85. The smallest absolute Gasteiger partial charge is 0.267 e. The summed E-state index contributed by atoms with van der Waals surface area (Å²) in [6.07, 6.45) is 1.73. The zero-order valence-corrected chi connectivity index (χ0v) is 16.8. The number of carbonyl (C=O) groups is 2. The van der Waals surface area contributed by atoms with Crippen LogP contribution in [0.5, 0.6) is 0 Å². The summed E-state index contributed by atoms with van der Waals surface area (Å²) >= 11 is 0. The Kier molecular flexibility index (Phi) is 4.14. The van der Waals surface area contributed by atoms with E-state index in [1.165, 1.54) is 5.01 Å². The van der Waals surface area contributed by atoms with E-state index in [1.54, 1.807) is 6.08 Å². The number of benzene rings is 4. The minimum absolute atomic E-state index is 0.134. The Labute approximate surface area is 174 Å². The van der Waals surface area contributed by atoms with Crippen LogP contribution in [0.15, 0.2) is 78.4 Å². The summed E-state index contributed by atoms with van der Waals surface area (Å²) < 4.78 is 0. The fourth-order valence-corrected chi connectivity index (χ4v) is 3.95. The molecule has 4 heteroatoms. The van der Waals surface area contributed by atoms with Crippen LogP contribution in [-0.2, 0) is 9.59 Å². The standard InChI is InChI=1S/C26H20N2O2/c1-16-11-12-20(13-17(16)2)28-26(30)24(25(29)27-28)15-23-21-9-5-3-7-18(21)14-19-8-4-6-10-22(19)23/h3-15H,1-2H3,(H,27,29)/b24-15-. The first kappa shape index (κ1) is 18.1. The zero-order chi connectivity index (χ0) is 20.8. The first-order chi connectivity index (χ1) is 14.5. The number of rotatable bonds is 2. The van der Waals surface area contributed by atoms with Gasteiger partial charge >= 0.3 is 0 Å². The van der Waals surface area contributed by atoms with Crippen molar-refractivity contribution in [2.24, 2.45) is 0 Å². The van der Waals surface area contributed by atoms with Gasteiger partial charge in [0.25, 0.3) is 11.8 Å². The van der Waals surface area contributed by atoms with Crippen LogP contribution in [0.2, 0.25) is 0 Å². The van der Waals surface area contributed by atoms with Gasteiger partial charge < -0.3 is 0 Å². The van der Waals surface area contributed by atoms with E-state index in [0.29, 0.717) is 5.69 Å². The Bertz CT molecular complexity index is 1330. The Morgan fingerprint density at radius 2 is 1.40 bits per heavy atom. The van der Waals surface area contributed by atoms with Crippen molar-refractivity contribution < 1.29 is 9.59 Å². The molecule has 1 N–H and O–H groups in total. The molecule has 1 fully saturated rings. The maximum atomic E-state index is 13.2. The summed E-state index contributed by atoms with van der Waals surface area (Å²) in [5.74, 6) is -0.740. The Morgan fingerprint density at radius 3 is 2.03 bits per heavy atom. The fourth-order valence-electron chi connectivity index (χ4n) is 3.95. The van der Waals surface area contributed by atoms with E-state index < -0.39 is 5.91 Å². The number of carbonyl (C=O) groups excluding carboxylic acids is 2. The summed E-state index contributed by atoms with van der Waals surface area (Å²) in [5, 5.41) is 5.48. The van der Waals surface area contributed by atoms with Crippen LogP contribution in [0.1, 0.15) is 16.7 Å². The van der Waals surface area contributed by atoms with Crippen molar-refractivity contribution in [2.75, 3.05) is 5.01 Å². The summed E-state index contributed by atoms with van der Waals surface area (Å²) in [4.78, 5) is 25.9. The van der Waals surface area contributed by atoms with E-state index in [-0.39, 0.29) is 11.5 Å². The average Bonchev–Trinajstić information content (AvgIpc) is 3.03. The maximum absolute atomic E-state index is 13.2. The number of hydrogen-bond donors (Lipinski definition) is 1. The minimum Gasteiger partial charge on any atom is -0.267 e. The third kappa shape index (κ3) is 2.85. The molecule has 5 rings (SSSR count). The van der Waals surface area contributed by atoms with Crippen molar-refractivity contribution in [3.05, 3.63) is 95.1 Å². The highest BCUT2D eigenvalue weighted by atomic mass is 16.2. The van der Waals surface area contributed by atoms with Crippen molar-refractivity contribution in [1.29, 1.82) is 0 Å². The molecular weight excluding hydrogens is 372 g/mol. The maximum Gasteiger partial charge on any atom is 0.282 e. The lowest BCUT2D eigenvalue weighted by molar-refractivity contribution is -0.117. The summed E-state index contributed by atoms with van der Waals surface area (Å²) in [5.41, 5.74) is 6.57. The van der Waals surface area contributed by atoms with Crippen molar-refractivity contribution in [3.8, 4) is 0 Å². The number of anilines is 1. The highest BCUT2D eigenvalue weighted by molar-refractivity contribution is 6.32. The quantitative estimate of drug-likeness (QED) is 0.294. The average molecular weight is 392 g/mol. The third-order valence-corrected chi connectivity index (χ3v) is 5.74. The van der Waals surface area contributed by atoms with Gasteiger partial charge in [0, 0.05) is 0 Å². The number of aryl methyl sites for hydroxylation is 2. The molecule has 2 amide bonds. The Morgan fingerprint density at radius 1 is 0.767 bits per heavy atom. The molecule has 0 radical (unpaired) electrons. The SMILES string of the molecule is Cc1ccc(N2NC(=O)/C(=C/c3c4ccccc4cc4ccccc34)C2=O)cc1C. The van der Waals surface area contributed by atoms with Gasteiger partial charge in [-0.25, -0.2) is 5.01 Å². The molecule has 1 saturated heterocycles. The second-order valence-corrected chi connectivity index (χ2v) is 7.64. The Hall–Kier alpha value is -3.92. The van der Waals surface area contributed by atoms with Gasteiger partial charge in [-0.2, -0.15) is 0 Å². The molecule has 4 aromatic rings. The van der Waals surface area contributed by atoms with Crippen LogP contribution in [0, 0.1) is 13.8 Å². The van der Waals surface area contributed by atoms with Crippen molar-refractivity contribution in [3.63, 3.8) is 0 Å². The highest BCUT2D eigenvalue weighted by Gasteiger charge is 2.34. The van der Waals surface area contributed by atoms with Gasteiger partial charge in [0.2, 0.25) is 0 Å². The number of fused-ring (bicyclic) bond motifs is 2. The normalized spacial score (nSPS) is 15.4. The van der Waals surface area contributed by atoms with Gasteiger partial charge in [-0.15, -0.1) is 0 Å². The molecule has 0 bridgehead atoms. The van der Waals surface area contributed by atoms with Crippen LogP contribution >= 0.6 is 0 Å². The largest absolute Gasteiger partial charge is 0.282 e. The number of hydrazine groups is 1. The van der Waals surface area contributed by atoms with E-state index in [9.17, 15) is 9.59 Å². The molecule has 0 aliphatic carbocycles. The molecule has 1 heterocycles. The predicted molar refractivity (Wildman–Crippen MR) is 121 cm³/mol. The van der Waals surface area contributed by atoms with Gasteiger partial charge in [-0.1, -0.05) is 54.6 Å². The van der Waals surface area contributed by atoms with E-state index in [0.717, 1.165) is 38.2 Å². The first-order valence-corrected chi connectivity index (χ1v) is 9.88. The van der Waals surface area contributed by atoms with Gasteiger partial charge in [0.05, 0.1) is 5.69 Å². The van der Waals surface area contributed by atoms with Gasteiger partial charge in [0.1, 0.15) is 5.57 Å². The number of nitrogens with one attached hydrogen (secondary N) is 1. The van der Waals surface area contributed by atoms with Crippen LogP contribution < -0.4 is 10.4 Å². The van der Waals surface area contributed by atoms with Gasteiger partial charge in [-0.3, -0.25) is 15.0 Å². The molecule has 0 saturated carbocycles. The molecule has 0 atom stereocenters. The monoisotopic (exact) mass is 392 g/mol. The van der Waals surface area contributed by atoms with E-state index in [4.69, 9.17) is 0 Å². The van der Waals surface area contributed by atoms with Crippen molar-refractivity contribution >= 4 is 45.1 Å². The molecule has 1 aliphatic heterocycles. The lowest BCUT2D eigenvalue weighted by Crippen LogP contribution is -2.35. The number of nitrogens with zero attached hydrogens (tertiary/aromatic N) is 1. The molecule has 30 heavy (non-hydrogen) atoms. The molecular formula is C26H20N2O2. The zero-order valence-electron chi connectivity index (χ0n) is 16.8. The molecule has 1 aliphatic rings. The fraction of sp³-hybridized carbons (Fsp3) is 0.0769. The Balaban J connectivity index is 1.67. The first-order valence-electron chi connectivity index (χ1n) is 9.88. The number of amides is 2. The third-order valence-electron chi connectivity index (χ3n) is 5.74. The topological polar surface area (TPSA) is 49.4 Å². The molecule has 146 valence electrons. The van der Waals surface area contributed by atoms with Crippen LogP contribution in [0.3, 0.4) is 0 Å². The molecule has 4 nitrogen and oxygen atoms in total. The summed E-state index contributed by atoms with van der Waals surface area (Å²) in [7, 11) is 0. The van der Waals surface area contributed by atoms with Crippen LogP contribution in [0.4, 0.5) is 5.69 Å². The summed E-state index contributed by atoms with van der Waals surface area (Å²) in [6, 6.07) is 23.9. The molecule has 0 spiro atoms. The molecule has 0 aromatic heterocycles. The van der Waals surface area contributed by atoms with E-state index >= 15 is 0 Å². The minimum atomic E-state index is -0.393. The summed E-state index contributed by atoms with van der Waals surface area (Å²) in [6.45, 7) is 4.00. The second-order valence-electron chi connectivity index (χ2n) is 7.64. The molecule has 0 unspecified atom stereocenters. The predicted octanol–water partition coefficient (Wildman–Crippen LogP) is 5.07. The van der Waals surface area contributed by atoms with Crippen LogP contribution in [0.25, 0.3) is 27.6 Å². The molecule has 4 aromatic carbocycles. The van der Waals surface area contributed by atoms with Crippen molar-refractivity contribution in [2.45, 2.75) is 13.8 Å².